The fraction of sp³-hybridized carbons (Fsp3) is 1.00. The summed E-state index contributed by atoms with van der Waals surface area (Å²) in [6.07, 6.45) is 1.19. The van der Waals surface area contributed by atoms with Crippen LogP contribution in [0.5, 0.6) is 0 Å². The monoisotopic (exact) mass is 158 g/mol. The zero-order valence-corrected chi connectivity index (χ0v) is 7.72. The first-order valence-electron chi connectivity index (χ1n) is 4.23. The van der Waals surface area contributed by atoms with Crippen LogP contribution in [-0.2, 0) is 9.47 Å². The van der Waals surface area contributed by atoms with E-state index in [0.29, 0.717) is 18.1 Å². The Kier molecular flexibility index (Phi) is 2.90. The van der Waals surface area contributed by atoms with E-state index in [1.165, 1.54) is 6.42 Å². The molecule has 0 aromatic carbocycles. The van der Waals surface area contributed by atoms with E-state index in [9.17, 15) is 0 Å². The lowest BCUT2D eigenvalue weighted by atomic mass is 9.85. The van der Waals surface area contributed by atoms with E-state index in [1.807, 2.05) is 0 Å². The summed E-state index contributed by atoms with van der Waals surface area (Å²) in [4.78, 5) is 0. The molecule has 2 heteroatoms. The van der Waals surface area contributed by atoms with Crippen LogP contribution in [-0.4, -0.2) is 20.0 Å². The molecule has 0 saturated carbocycles. The Hall–Kier alpha value is -0.0800. The van der Waals surface area contributed by atoms with Crippen molar-refractivity contribution >= 4 is 0 Å². The molecule has 0 aliphatic carbocycles. The zero-order valence-electron chi connectivity index (χ0n) is 7.72. The second-order valence-electron chi connectivity index (χ2n) is 4.49. The second-order valence-corrected chi connectivity index (χ2v) is 4.49. The molecule has 1 heterocycles. The first-order valence-corrected chi connectivity index (χ1v) is 4.23. The van der Waals surface area contributed by atoms with Crippen molar-refractivity contribution in [2.75, 3.05) is 20.0 Å². The van der Waals surface area contributed by atoms with Crippen LogP contribution in [0.2, 0.25) is 0 Å². The maximum atomic E-state index is 5.21. The first-order chi connectivity index (χ1) is 5.08. The summed E-state index contributed by atoms with van der Waals surface area (Å²) in [5, 5.41) is 0. The molecule has 0 spiro atoms. The molecule has 0 N–H and O–H groups in total. The Balaban J connectivity index is 2.24. The normalized spacial score (nSPS) is 22.1. The van der Waals surface area contributed by atoms with Crippen LogP contribution in [0, 0.1) is 11.3 Å². The van der Waals surface area contributed by atoms with Gasteiger partial charge in [-0.3, -0.25) is 0 Å². The van der Waals surface area contributed by atoms with Crippen molar-refractivity contribution < 1.29 is 9.47 Å². The maximum Gasteiger partial charge on any atom is 0.146 e. The van der Waals surface area contributed by atoms with E-state index >= 15 is 0 Å². The Bertz CT molecular complexity index is 109. The van der Waals surface area contributed by atoms with Gasteiger partial charge in [-0.05, 0) is 11.8 Å². The molecular weight excluding hydrogens is 140 g/mol. The molecule has 1 aliphatic heterocycles. The lowest BCUT2D eigenvalue weighted by Crippen LogP contribution is -2.27. The summed E-state index contributed by atoms with van der Waals surface area (Å²) in [5.41, 5.74) is 0.398. The lowest BCUT2D eigenvalue weighted by molar-refractivity contribution is -0.131. The summed E-state index contributed by atoms with van der Waals surface area (Å²) >= 11 is 0. The summed E-state index contributed by atoms with van der Waals surface area (Å²) in [7, 11) is 0. The molecule has 1 rings (SSSR count). The quantitative estimate of drug-likeness (QED) is 0.581. The van der Waals surface area contributed by atoms with E-state index in [-0.39, 0.29) is 0 Å². The van der Waals surface area contributed by atoms with Crippen LogP contribution in [0.1, 0.15) is 27.2 Å². The van der Waals surface area contributed by atoms with Crippen molar-refractivity contribution in [1.82, 2.24) is 0 Å². The van der Waals surface area contributed by atoms with Gasteiger partial charge in [-0.15, -0.1) is 0 Å². The second kappa shape index (κ2) is 3.55. The van der Waals surface area contributed by atoms with E-state index in [4.69, 9.17) is 9.47 Å². The highest BCUT2D eigenvalue weighted by atomic mass is 16.7. The van der Waals surface area contributed by atoms with Crippen LogP contribution in [0.15, 0.2) is 0 Å². The fourth-order valence-electron chi connectivity index (χ4n) is 1.52. The highest BCUT2D eigenvalue weighted by Gasteiger charge is 2.21. The smallest absolute Gasteiger partial charge is 0.146 e. The maximum absolute atomic E-state index is 5.21. The van der Waals surface area contributed by atoms with Crippen molar-refractivity contribution in [2.24, 2.45) is 11.3 Å². The van der Waals surface area contributed by atoms with Gasteiger partial charge in [0.15, 0.2) is 0 Å². The standard InChI is InChI=1S/C9H18O2/c1-9(2,3)4-8-5-10-7-11-6-8/h8H,4-7H2,1-3H3. The van der Waals surface area contributed by atoms with Gasteiger partial charge in [-0.2, -0.15) is 0 Å². The molecule has 1 saturated heterocycles. The molecule has 2 nitrogen and oxygen atoms in total. The van der Waals surface area contributed by atoms with E-state index < -0.39 is 0 Å². The van der Waals surface area contributed by atoms with Gasteiger partial charge in [-0.1, -0.05) is 20.8 Å². The molecule has 1 fully saturated rings. The number of rotatable bonds is 1. The summed E-state index contributed by atoms with van der Waals surface area (Å²) in [6, 6.07) is 0. The Labute approximate surface area is 68.9 Å². The minimum atomic E-state index is 0.398. The van der Waals surface area contributed by atoms with Crippen molar-refractivity contribution in [3.8, 4) is 0 Å². The van der Waals surface area contributed by atoms with Gasteiger partial charge in [0.25, 0.3) is 0 Å². The van der Waals surface area contributed by atoms with Crippen LogP contribution < -0.4 is 0 Å². The lowest BCUT2D eigenvalue weighted by Gasteiger charge is -2.28. The molecule has 11 heavy (non-hydrogen) atoms. The fourth-order valence-corrected chi connectivity index (χ4v) is 1.52. The summed E-state index contributed by atoms with van der Waals surface area (Å²) in [5.74, 6) is 0.601. The van der Waals surface area contributed by atoms with Crippen molar-refractivity contribution in [3.63, 3.8) is 0 Å². The van der Waals surface area contributed by atoms with Gasteiger partial charge in [-0.25, -0.2) is 0 Å². The van der Waals surface area contributed by atoms with Crippen LogP contribution in [0.4, 0.5) is 0 Å². The molecule has 0 radical (unpaired) electrons. The van der Waals surface area contributed by atoms with Gasteiger partial charge in [0, 0.05) is 5.92 Å². The molecule has 1 aliphatic rings. The van der Waals surface area contributed by atoms with Gasteiger partial charge >= 0.3 is 0 Å². The SMILES string of the molecule is CC(C)(C)CC1COCOC1. The zero-order chi connectivity index (χ0) is 8.32. The highest BCUT2D eigenvalue weighted by Crippen LogP contribution is 2.25. The number of hydrogen-bond acceptors (Lipinski definition) is 2. The molecule has 0 unspecified atom stereocenters. The van der Waals surface area contributed by atoms with Crippen LogP contribution in [0.3, 0.4) is 0 Å². The van der Waals surface area contributed by atoms with Gasteiger partial charge in [0.05, 0.1) is 13.2 Å². The topological polar surface area (TPSA) is 18.5 Å². The third-order valence-corrected chi connectivity index (χ3v) is 1.77. The summed E-state index contributed by atoms with van der Waals surface area (Å²) in [6.45, 7) is 8.99. The van der Waals surface area contributed by atoms with Gasteiger partial charge in [0.2, 0.25) is 0 Å². The Morgan fingerprint density at radius 2 is 1.73 bits per heavy atom. The summed E-state index contributed by atoms with van der Waals surface area (Å²) < 4.78 is 10.4. The number of hydrogen-bond donors (Lipinski definition) is 0. The Morgan fingerprint density at radius 1 is 1.18 bits per heavy atom. The first kappa shape index (κ1) is 9.01. The molecule has 66 valence electrons. The van der Waals surface area contributed by atoms with Crippen molar-refractivity contribution in [2.45, 2.75) is 27.2 Å². The molecule has 0 amide bonds. The average molecular weight is 158 g/mol. The predicted octanol–water partition coefficient (Wildman–Crippen LogP) is 2.04. The van der Waals surface area contributed by atoms with Crippen molar-refractivity contribution in [3.05, 3.63) is 0 Å². The van der Waals surface area contributed by atoms with Crippen LogP contribution in [0.25, 0.3) is 0 Å². The van der Waals surface area contributed by atoms with E-state index in [1.54, 1.807) is 0 Å². The van der Waals surface area contributed by atoms with E-state index in [0.717, 1.165) is 13.2 Å². The molecule has 0 atom stereocenters. The molecule has 0 aromatic rings. The van der Waals surface area contributed by atoms with Crippen LogP contribution >= 0.6 is 0 Å². The van der Waals surface area contributed by atoms with E-state index in [2.05, 4.69) is 20.8 Å². The molecular formula is C9H18O2. The van der Waals surface area contributed by atoms with Crippen molar-refractivity contribution in [1.29, 1.82) is 0 Å². The largest absolute Gasteiger partial charge is 0.355 e. The van der Waals surface area contributed by atoms with Gasteiger partial charge < -0.3 is 9.47 Å². The third kappa shape index (κ3) is 3.73. The average Bonchev–Trinajstić information content (AvgIpc) is 1.85. The minimum Gasteiger partial charge on any atom is -0.355 e. The minimum absolute atomic E-state index is 0.398. The Morgan fingerprint density at radius 3 is 2.18 bits per heavy atom. The number of ether oxygens (including phenoxy) is 2. The molecule has 0 bridgehead atoms. The molecule has 0 aromatic heterocycles. The third-order valence-electron chi connectivity index (χ3n) is 1.77. The predicted molar refractivity (Wildman–Crippen MR) is 44.3 cm³/mol. The van der Waals surface area contributed by atoms with Gasteiger partial charge in [0.1, 0.15) is 6.79 Å². The highest BCUT2D eigenvalue weighted by molar-refractivity contribution is 4.69.